The first-order valence-electron chi connectivity index (χ1n) is 9.63. The van der Waals surface area contributed by atoms with Gasteiger partial charge in [-0.1, -0.05) is 12.1 Å². The molecular weight excluding hydrogens is 390 g/mol. The lowest BCUT2D eigenvalue weighted by Crippen LogP contribution is -2.33. The number of benzene rings is 1. The van der Waals surface area contributed by atoms with Crippen molar-refractivity contribution in [2.24, 2.45) is 0 Å². The molecule has 0 bridgehead atoms. The highest BCUT2D eigenvalue weighted by molar-refractivity contribution is 7.17. The van der Waals surface area contributed by atoms with E-state index in [4.69, 9.17) is 0 Å². The van der Waals surface area contributed by atoms with E-state index in [0.717, 1.165) is 41.0 Å². The number of aryl methyl sites for hydroxylation is 1. The Kier molecular flexibility index (Phi) is 5.19. The number of hydrogen-bond donors (Lipinski definition) is 2. The van der Waals surface area contributed by atoms with E-state index < -0.39 is 0 Å². The van der Waals surface area contributed by atoms with Crippen LogP contribution in [-0.2, 0) is 17.6 Å². The van der Waals surface area contributed by atoms with Gasteiger partial charge in [0.25, 0.3) is 17.7 Å². The SMILES string of the molecule is CNC(=O)c1c(NC(=O)CCN2C(=O)c3ccccc3C2=O)sc2c1CCCC2. The molecular formula is C21H21N3O4S. The van der Waals surface area contributed by atoms with Crippen molar-refractivity contribution in [3.8, 4) is 0 Å². The predicted octanol–water partition coefficient (Wildman–Crippen LogP) is 2.61. The lowest BCUT2D eigenvalue weighted by Gasteiger charge is -2.14. The minimum absolute atomic E-state index is 0.00141. The van der Waals surface area contributed by atoms with Gasteiger partial charge in [-0.2, -0.15) is 0 Å². The van der Waals surface area contributed by atoms with Crippen LogP contribution in [0.1, 0.15) is 60.8 Å². The normalized spacial score (nSPS) is 15.1. The Hall–Kier alpha value is -3.00. The lowest BCUT2D eigenvalue weighted by molar-refractivity contribution is -0.116. The van der Waals surface area contributed by atoms with Crippen LogP contribution in [0.3, 0.4) is 0 Å². The van der Waals surface area contributed by atoms with E-state index in [1.54, 1.807) is 31.3 Å². The second-order valence-corrected chi connectivity index (χ2v) is 8.21. The Balaban J connectivity index is 1.46. The molecule has 1 aliphatic heterocycles. The highest BCUT2D eigenvalue weighted by Gasteiger charge is 2.35. The highest BCUT2D eigenvalue weighted by atomic mass is 32.1. The number of hydrogen-bond acceptors (Lipinski definition) is 5. The maximum absolute atomic E-state index is 12.5. The topological polar surface area (TPSA) is 95.6 Å². The summed E-state index contributed by atoms with van der Waals surface area (Å²) in [7, 11) is 1.57. The number of nitrogens with one attached hydrogen (secondary N) is 2. The van der Waals surface area contributed by atoms with Crippen molar-refractivity contribution in [1.29, 1.82) is 0 Å². The van der Waals surface area contributed by atoms with Gasteiger partial charge in [-0.05, 0) is 43.4 Å². The second kappa shape index (κ2) is 7.79. The molecule has 0 fully saturated rings. The summed E-state index contributed by atoms with van der Waals surface area (Å²) >= 11 is 1.44. The molecule has 0 spiro atoms. The number of thiophene rings is 1. The van der Waals surface area contributed by atoms with E-state index >= 15 is 0 Å². The summed E-state index contributed by atoms with van der Waals surface area (Å²) in [6.45, 7) is -0.00141. The fourth-order valence-corrected chi connectivity index (χ4v) is 5.17. The number of amides is 4. The number of anilines is 1. The summed E-state index contributed by atoms with van der Waals surface area (Å²) in [5.41, 5.74) is 2.30. The third kappa shape index (κ3) is 3.44. The number of fused-ring (bicyclic) bond motifs is 2. The smallest absolute Gasteiger partial charge is 0.261 e. The molecule has 2 aromatic rings. The number of carbonyl (C=O) groups is 4. The molecule has 150 valence electrons. The molecule has 2 aliphatic rings. The fraction of sp³-hybridized carbons (Fsp3) is 0.333. The minimum atomic E-state index is -0.379. The average molecular weight is 411 g/mol. The maximum atomic E-state index is 12.5. The predicted molar refractivity (Wildman–Crippen MR) is 109 cm³/mol. The molecule has 0 radical (unpaired) electrons. The molecule has 0 saturated heterocycles. The first kappa shape index (κ1) is 19.3. The number of rotatable bonds is 5. The number of imide groups is 1. The zero-order valence-corrected chi connectivity index (χ0v) is 16.9. The van der Waals surface area contributed by atoms with Gasteiger partial charge in [0.2, 0.25) is 5.91 Å². The highest BCUT2D eigenvalue weighted by Crippen LogP contribution is 2.38. The molecule has 1 aromatic heterocycles. The molecule has 0 unspecified atom stereocenters. The molecule has 1 aliphatic carbocycles. The van der Waals surface area contributed by atoms with Crippen molar-refractivity contribution in [3.63, 3.8) is 0 Å². The Morgan fingerprint density at radius 1 is 1.07 bits per heavy atom. The lowest BCUT2D eigenvalue weighted by atomic mass is 9.95. The number of carbonyl (C=O) groups excluding carboxylic acids is 4. The van der Waals surface area contributed by atoms with Gasteiger partial charge >= 0.3 is 0 Å². The monoisotopic (exact) mass is 411 g/mol. The van der Waals surface area contributed by atoms with E-state index in [-0.39, 0.29) is 36.6 Å². The van der Waals surface area contributed by atoms with Crippen LogP contribution in [0.25, 0.3) is 0 Å². The van der Waals surface area contributed by atoms with E-state index in [1.165, 1.54) is 11.3 Å². The average Bonchev–Trinajstić information content (AvgIpc) is 3.21. The van der Waals surface area contributed by atoms with Crippen LogP contribution >= 0.6 is 11.3 Å². The third-order valence-electron chi connectivity index (χ3n) is 5.32. The Labute approximate surface area is 172 Å². The first-order valence-corrected chi connectivity index (χ1v) is 10.4. The maximum Gasteiger partial charge on any atom is 0.261 e. The van der Waals surface area contributed by atoms with Gasteiger partial charge in [-0.15, -0.1) is 11.3 Å². The van der Waals surface area contributed by atoms with Gasteiger partial charge in [-0.3, -0.25) is 24.1 Å². The van der Waals surface area contributed by atoms with Crippen LogP contribution in [0.5, 0.6) is 0 Å². The summed E-state index contributed by atoms with van der Waals surface area (Å²) in [4.78, 5) is 52.0. The summed E-state index contributed by atoms with van der Waals surface area (Å²) in [6, 6.07) is 6.64. The molecule has 4 amide bonds. The Morgan fingerprint density at radius 2 is 1.72 bits per heavy atom. The van der Waals surface area contributed by atoms with Gasteiger partial charge < -0.3 is 10.6 Å². The van der Waals surface area contributed by atoms with E-state index in [2.05, 4.69) is 10.6 Å². The first-order chi connectivity index (χ1) is 14.0. The van der Waals surface area contributed by atoms with E-state index in [9.17, 15) is 19.2 Å². The molecule has 2 N–H and O–H groups in total. The van der Waals surface area contributed by atoms with Crippen LogP contribution < -0.4 is 10.6 Å². The second-order valence-electron chi connectivity index (χ2n) is 7.10. The fourth-order valence-electron chi connectivity index (χ4n) is 3.86. The quantitative estimate of drug-likeness (QED) is 0.740. The molecule has 2 heterocycles. The summed E-state index contributed by atoms with van der Waals surface area (Å²) in [6.07, 6.45) is 3.82. The molecule has 0 saturated carbocycles. The molecule has 0 atom stereocenters. The van der Waals surface area contributed by atoms with Crippen molar-refractivity contribution in [3.05, 3.63) is 51.4 Å². The van der Waals surface area contributed by atoms with Crippen molar-refractivity contribution >= 4 is 40.0 Å². The van der Waals surface area contributed by atoms with Gasteiger partial charge in [0.15, 0.2) is 0 Å². The largest absolute Gasteiger partial charge is 0.355 e. The third-order valence-corrected chi connectivity index (χ3v) is 6.53. The Morgan fingerprint density at radius 3 is 2.38 bits per heavy atom. The van der Waals surface area contributed by atoms with Gasteiger partial charge in [0.1, 0.15) is 5.00 Å². The Bertz CT molecular complexity index is 992. The molecule has 7 nitrogen and oxygen atoms in total. The zero-order valence-electron chi connectivity index (χ0n) is 16.0. The molecule has 1 aromatic carbocycles. The van der Waals surface area contributed by atoms with E-state index in [1.807, 2.05) is 0 Å². The summed E-state index contributed by atoms with van der Waals surface area (Å²) in [5, 5.41) is 6.02. The van der Waals surface area contributed by atoms with Crippen LogP contribution in [0.15, 0.2) is 24.3 Å². The van der Waals surface area contributed by atoms with E-state index in [0.29, 0.717) is 21.7 Å². The van der Waals surface area contributed by atoms with Crippen LogP contribution in [0.2, 0.25) is 0 Å². The van der Waals surface area contributed by atoms with Crippen LogP contribution in [0.4, 0.5) is 5.00 Å². The van der Waals surface area contributed by atoms with Crippen molar-refractivity contribution in [2.45, 2.75) is 32.1 Å². The number of nitrogens with zero attached hydrogens (tertiary/aromatic N) is 1. The standard InChI is InChI=1S/C21H21N3O4S/c1-22-18(26)17-14-8-4-5-9-15(14)29-19(17)23-16(25)10-11-24-20(27)12-6-2-3-7-13(12)21(24)28/h2-3,6-7H,4-5,8-11H2,1H3,(H,22,26)(H,23,25). The molecule has 29 heavy (non-hydrogen) atoms. The summed E-state index contributed by atoms with van der Waals surface area (Å²) in [5.74, 6) is -1.29. The van der Waals surface area contributed by atoms with Crippen molar-refractivity contribution < 1.29 is 19.2 Å². The molecule has 8 heteroatoms. The van der Waals surface area contributed by atoms with Gasteiger partial charge in [0, 0.05) is 24.9 Å². The van der Waals surface area contributed by atoms with Gasteiger partial charge in [-0.25, -0.2) is 0 Å². The summed E-state index contributed by atoms with van der Waals surface area (Å²) < 4.78 is 0. The van der Waals surface area contributed by atoms with Gasteiger partial charge in [0.05, 0.1) is 16.7 Å². The minimum Gasteiger partial charge on any atom is -0.355 e. The zero-order chi connectivity index (χ0) is 20.5. The molecule has 4 rings (SSSR count). The van der Waals surface area contributed by atoms with Crippen LogP contribution in [-0.4, -0.2) is 42.1 Å². The van der Waals surface area contributed by atoms with Crippen molar-refractivity contribution in [2.75, 3.05) is 18.9 Å². The van der Waals surface area contributed by atoms with Crippen LogP contribution in [0, 0.1) is 0 Å². The van der Waals surface area contributed by atoms with Crippen molar-refractivity contribution in [1.82, 2.24) is 10.2 Å².